The highest BCUT2D eigenvalue weighted by Gasteiger charge is 2.30. The molecular formula is C18H17FN4O. The van der Waals surface area contributed by atoms with Gasteiger partial charge in [-0.05, 0) is 41.8 Å². The molecule has 0 aliphatic carbocycles. The van der Waals surface area contributed by atoms with Crippen LogP contribution in [0.15, 0.2) is 54.9 Å². The monoisotopic (exact) mass is 324 g/mol. The van der Waals surface area contributed by atoms with Crippen molar-refractivity contribution in [2.75, 3.05) is 12.4 Å². The molecule has 0 radical (unpaired) electrons. The van der Waals surface area contributed by atoms with Crippen LogP contribution in [0.5, 0.6) is 5.75 Å². The summed E-state index contributed by atoms with van der Waals surface area (Å²) in [7, 11) is 1.65. The van der Waals surface area contributed by atoms with E-state index in [9.17, 15) is 4.39 Å². The van der Waals surface area contributed by atoms with Crippen molar-refractivity contribution in [1.29, 1.82) is 0 Å². The lowest BCUT2D eigenvalue weighted by atomic mass is 9.93. The molecule has 2 aromatic carbocycles. The summed E-state index contributed by atoms with van der Waals surface area (Å²) >= 11 is 0. The quantitative estimate of drug-likeness (QED) is 0.800. The first-order valence-electron chi connectivity index (χ1n) is 7.80. The van der Waals surface area contributed by atoms with Gasteiger partial charge < -0.3 is 10.1 Å². The third-order valence-electron chi connectivity index (χ3n) is 4.38. The molecule has 24 heavy (non-hydrogen) atoms. The first kappa shape index (κ1) is 14.7. The second kappa shape index (κ2) is 5.96. The Hall–Kier alpha value is -2.89. The predicted molar refractivity (Wildman–Crippen MR) is 88.5 cm³/mol. The molecule has 0 saturated carbocycles. The topological polar surface area (TPSA) is 52.0 Å². The number of anilines is 1. The third-order valence-corrected chi connectivity index (χ3v) is 4.38. The van der Waals surface area contributed by atoms with Gasteiger partial charge in [-0.2, -0.15) is 10.1 Å². The Morgan fingerprint density at radius 1 is 1.17 bits per heavy atom. The minimum absolute atomic E-state index is 0.0634. The summed E-state index contributed by atoms with van der Waals surface area (Å²) in [6, 6.07) is 14.6. The summed E-state index contributed by atoms with van der Waals surface area (Å²) < 4.78 is 20.7. The van der Waals surface area contributed by atoms with E-state index < -0.39 is 0 Å². The predicted octanol–water partition coefficient (Wildman–Crippen LogP) is 3.57. The molecule has 0 saturated heterocycles. The fourth-order valence-electron chi connectivity index (χ4n) is 3.17. The Bertz CT molecular complexity index is 846. The Balaban J connectivity index is 1.70. The minimum Gasteiger partial charge on any atom is -0.497 e. The van der Waals surface area contributed by atoms with Crippen LogP contribution >= 0.6 is 0 Å². The van der Waals surface area contributed by atoms with E-state index in [4.69, 9.17) is 4.74 Å². The standard InChI is InChI=1S/C18H17FN4O/c1-24-15-7-5-12(6-8-15)16-10-17(13-3-2-4-14(19)9-13)23-18(22-16)20-11-21-23/h2-9,11,16-17H,10H2,1H3,(H,20,21,22). The van der Waals surface area contributed by atoms with E-state index in [-0.39, 0.29) is 17.9 Å². The summed E-state index contributed by atoms with van der Waals surface area (Å²) in [6.45, 7) is 0. The molecule has 3 aromatic rings. The number of ether oxygens (including phenoxy) is 1. The van der Waals surface area contributed by atoms with Gasteiger partial charge in [-0.3, -0.25) is 0 Å². The van der Waals surface area contributed by atoms with Gasteiger partial charge in [-0.1, -0.05) is 24.3 Å². The first-order chi connectivity index (χ1) is 11.7. The van der Waals surface area contributed by atoms with Crippen LogP contribution < -0.4 is 10.1 Å². The van der Waals surface area contributed by atoms with E-state index in [1.165, 1.54) is 12.4 Å². The number of halogens is 1. The zero-order chi connectivity index (χ0) is 16.5. The van der Waals surface area contributed by atoms with Crippen LogP contribution in [0.1, 0.15) is 29.6 Å². The molecule has 4 rings (SSSR count). The zero-order valence-corrected chi connectivity index (χ0v) is 13.2. The number of nitrogens with zero attached hydrogens (tertiary/aromatic N) is 3. The molecular weight excluding hydrogens is 307 g/mol. The molecule has 122 valence electrons. The SMILES string of the molecule is COc1ccc(C2CC(c3cccc(F)c3)n3ncnc3N2)cc1. The third kappa shape index (κ3) is 2.60. The van der Waals surface area contributed by atoms with Crippen molar-refractivity contribution < 1.29 is 9.13 Å². The maximum Gasteiger partial charge on any atom is 0.222 e. The van der Waals surface area contributed by atoms with Gasteiger partial charge in [0.05, 0.1) is 19.2 Å². The zero-order valence-electron chi connectivity index (χ0n) is 13.2. The lowest BCUT2D eigenvalue weighted by Gasteiger charge is -2.31. The van der Waals surface area contributed by atoms with Gasteiger partial charge >= 0.3 is 0 Å². The van der Waals surface area contributed by atoms with E-state index in [0.29, 0.717) is 5.95 Å². The van der Waals surface area contributed by atoms with Crippen molar-refractivity contribution in [1.82, 2.24) is 14.8 Å². The summed E-state index contributed by atoms with van der Waals surface area (Å²) in [5, 5.41) is 7.70. The summed E-state index contributed by atoms with van der Waals surface area (Å²) in [6.07, 6.45) is 2.27. The summed E-state index contributed by atoms with van der Waals surface area (Å²) in [5.41, 5.74) is 2.02. The van der Waals surface area contributed by atoms with Crippen molar-refractivity contribution in [2.45, 2.75) is 18.5 Å². The maximum atomic E-state index is 13.7. The highest BCUT2D eigenvalue weighted by Crippen LogP contribution is 2.37. The van der Waals surface area contributed by atoms with Crippen molar-refractivity contribution >= 4 is 5.95 Å². The summed E-state index contributed by atoms with van der Waals surface area (Å²) in [4.78, 5) is 4.29. The molecule has 1 aromatic heterocycles. The molecule has 0 fully saturated rings. The largest absolute Gasteiger partial charge is 0.497 e. The van der Waals surface area contributed by atoms with Crippen LogP contribution in [0.4, 0.5) is 10.3 Å². The fraction of sp³-hybridized carbons (Fsp3) is 0.222. The normalized spacial score (nSPS) is 19.4. The molecule has 0 spiro atoms. The highest BCUT2D eigenvalue weighted by molar-refractivity contribution is 5.39. The maximum absolute atomic E-state index is 13.7. The first-order valence-corrected chi connectivity index (χ1v) is 7.80. The minimum atomic E-state index is -0.242. The molecule has 5 nitrogen and oxygen atoms in total. The summed E-state index contributed by atoms with van der Waals surface area (Å²) in [5.74, 6) is 1.27. The van der Waals surface area contributed by atoms with Gasteiger partial charge in [0.15, 0.2) is 0 Å². The number of fused-ring (bicyclic) bond motifs is 1. The lowest BCUT2D eigenvalue weighted by Crippen LogP contribution is -2.28. The highest BCUT2D eigenvalue weighted by atomic mass is 19.1. The van der Waals surface area contributed by atoms with Gasteiger partial charge in [0.25, 0.3) is 0 Å². The van der Waals surface area contributed by atoms with Crippen LogP contribution in [0.2, 0.25) is 0 Å². The van der Waals surface area contributed by atoms with Gasteiger partial charge in [-0.15, -0.1) is 0 Å². The number of hydrogen-bond donors (Lipinski definition) is 1. The second-order valence-corrected chi connectivity index (χ2v) is 5.80. The van der Waals surface area contributed by atoms with E-state index >= 15 is 0 Å². The Morgan fingerprint density at radius 2 is 2.00 bits per heavy atom. The molecule has 2 heterocycles. The van der Waals surface area contributed by atoms with E-state index in [2.05, 4.69) is 15.4 Å². The average Bonchev–Trinajstić information content (AvgIpc) is 3.09. The average molecular weight is 324 g/mol. The number of hydrogen-bond acceptors (Lipinski definition) is 4. The van der Waals surface area contributed by atoms with E-state index in [1.807, 2.05) is 35.0 Å². The molecule has 1 aliphatic rings. The Kier molecular flexibility index (Phi) is 3.65. The van der Waals surface area contributed by atoms with Crippen molar-refractivity contribution in [3.8, 4) is 5.75 Å². The van der Waals surface area contributed by atoms with Crippen LogP contribution in [0.3, 0.4) is 0 Å². The number of methoxy groups -OCH3 is 1. The molecule has 1 N–H and O–H groups in total. The van der Waals surface area contributed by atoms with Crippen LogP contribution in [-0.2, 0) is 0 Å². The molecule has 2 atom stereocenters. The van der Waals surface area contributed by atoms with Crippen molar-refractivity contribution in [3.63, 3.8) is 0 Å². The number of aromatic nitrogens is 3. The van der Waals surface area contributed by atoms with Gasteiger partial charge in [-0.25, -0.2) is 9.07 Å². The van der Waals surface area contributed by atoms with Crippen molar-refractivity contribution in [2.24, 2.45) is 0 Å². The van der Waals surface area contributed by atoms with Gasteiger partial charge in [0.1, 0.15) is 17.9 Å². The second-order valence-electron chi connectivity index (χ2n) is 5.80. The van der Waals surface area contributed by atoms with E-state index in [0.717, 1.165) is 23.3 Å². The van der Waals surface area contributed by atoms with Crippen LogP contribution in [0.25, 0.3) is 0 Å². The molecule has 1 aliphatic heterocycles. The number of rotatable bonds is 3. The fourth-order valence-corrected chi connectivity index (χ4v) is 3.17. The molecule has 0 bridgehead atoms. The van der Waals surface area contributed by atoms with Crippen LogP contribution in [-0.4, -0.2) is 21.9 Å². The molecule has 0 amide bonds. The number of benzene rings is 2. The van der Waals surface area contributed by atoms with Gasteiger partial charge in [0, 0.05) is 0 Å². The van der Waals surface area contributed by atoms with E-state index in [1.54, 1.807) is 19.2 Å². The molecule has 6 heteroatoms. The lowest BCUT2D eigenvalue weighted by molar-refractivity contribution is 0.413. The smallest absolute Gasteiger partial charge is 0.222 e. The van der Waals surface area contributed by atoms with Crippen LogP contribution in [0, 0.1) is 5.82 Å². The van der Waals surface area contributed by atoms with Gasteiger partial charge in [0.2, 0.25) is 5.95 Å². The number of nitrogens with one attached hydrogen (secondary N) is 1. The Morgan fingerprint density at radius 3 is 2.75 bits per heavy atom. The van der Waals surface area contributed by atoms with Crippen molar-refractivity contribution in [3.05, 3.63) is 71.8 Å². The Labute approximate surface area is 139 Å². The molecule has 2 unspecified atom stereocenters.